The molecule has 5 heteroatoms. The number of rotatable bonds is 8. The number of aliphatic imine (C=N–C) groups is 1. The van der Waals surface area contributed by atoms with Crippen LogP contribution in [0, 0.1) is 5.92 Å². The van der Waals surface area contributed by atoms with Crippen molar-refractivity contribution >= 4 is 5.96 Å². The number of guanidine groups is 1. The molecule has 0 aliphatic carbocycles. The van der Waals surface area contributed by atoms with Gasteiger partial charge in [-0.3, -0.25) is 4.99 Å². The van der Waals surface area contributed by atoms with Crippen LogP contribution in [0.15, 0.2) is 35.3 Å². The molecule has 128 valence electrons. The molecule has 1 heterocycles. The summed E-state index contributed by atoms with van der Waals surface area (Å²) >= 11 is 0. The van der Waals surface area contributed by atoms with E-state index in [0.717, 1.165) is 57.4 Å². The standard InChI is InChI=1S/C18H29N3O2/c1-19-18(21-12-10-16(14-21)15-22-2)20-11-6-7-13-23-17-8-4-3-5-9-17/h3-5,8-9,16H,6-7,10-15H2,1-2H3,(H,19,20). The summed E-state index contributed by atoms with van der Waals surface area (Å²) in [6.45, 7) is 4.61. The maximum atomic E-state index is 5.70. The Bertz CT molecular complexity index is 465. The molecule has 1 aliphatic heterocycles. The molecule has 1 aromatic rings. The first kappa shape index (κ1) is 17.6. The molecule has 1 N–H and O–H groups in total. The van der Waals surface area contributed by atoms with Crippen molar-refractivity contribution in [2.75, 3.05) is 47.0 Å². The predicted octanol–water partition coefficient (Wildman–Crippen LogP) is 2.39. The zero-order valence-corrected chi connectivity index (χ0v) is 14.3. The molecule has 0 amide bonds. The van der Waals surface area contributed by atoms with E-state index in [9.17, 15) is 0 Å². The van der Waals surface area contributed by atoms with Crippen molar-refractivity contribution in [2.45, 2.75) is 19.3 Å². The van der Waals surface area contributed by atoms with E-state index in [1.165, 1.54) is 6.42 Å². The minimum absolute atomic E-state index is 0.623. The van der Waals surface area contributed by atoms with E-state index in [2.05, 4.69) is 15.2 Å². The molecule has 0 radical (unpaired) electrons. The lowest BCUT2D eigenvalue weighted by molar-refractivity contribution is 0.157. The van der Waals surface area contributed by atoms with Crippen LogP contribution in [0.5, 0.6) is 5.75 Å². The summed E-state index contributed by atoms with van der Waals surface area (Å²) in [5.74, 6) is 2.57. The molecule has 1 atom stereocenters. The van der Waals surface area contributed by atoms with Gasteiger partial charge in [0.25, 0.3) is 0 Å². The third-order valence-corrected chi connectivity index (χ3v) is 4.07. The summed E-state index contributed by atoms with van der Waals surface area (Å²) < 4.78 is 10.9. The monoisotopic (exact) mass is 319 g/mol. The fraction of sp³-hybridized carbons (Fsp3) is 0.611. The van der Waals surface area contributed by atoms with Crippen LogP contribution in [0.4, 0.5) is 0 Å². The number of benzene rings is 1. The Hall–Kier alpha value is -1.75. The van der Waals surface area contributed by atoms with Gasteiger partial charge in [0, 0.05) is 39.7 Å². The number of hydrogen-bond acceptors (Lipinski definition) is 3. The number of methoxy groups -OCH3 is 1. The van der Waals surface area contributed by atoms with Crippen molar-refractivity contribution in [1.82, 2.24) is 10.2 Å². The van der Waals surface area contributed by atoms with E-state index in [1.807, 2.05) is 37.4 Å². The fourth-order valence-corrected chi connectivity index (χ4v) is 2.86. The average Bonchev–Trinajstić information content (AvgIpc) is 3.04. The van der Waals surface area contributed by atoms with Gasteiger partial charge in [0.1, 0.15) is 5.75 Å². The van der Waals surface area contributed by atoms with Gasteiger partial charge in [0.15, 0.2) is 5.96 Å². The van der Waals surface area contributed by atoms with Crippen LogP contribution in [0.1, 0.15) is 19.3 Å². The van der Waals surface area contributed by atoms with Gasteiger partial charge in [0.2, 0.25) is 0 Å². The van der Waals surface area contributed by atoms with Crippen LogP contribution in [-0.4, -0.2) is 57.9 Å². The lowest BCUT2D eigenvalue weighted by atomic mass is 10.1. The summed E-state index contributed by atoms with van der Waals surface area (Å²) in [5, 5.41) is 3.45. The van der Waals surface area contributed by atoms with Gasteiger partial charge >= 0.3 is 0 Å². The highest BCUT2D eigenvalue weighted by Gasteiger charge is 2.24. The van der Waals surface area contributed by atoms with Crippen LogP contribution in [0.3, 0.4) is 0 Å². The predicted molar refractivity (Wildman–Crippen MR) is 94.1 cm³/mol. The van der Waals surface area contributed by atoms with Gasteiger partial charge in [-0.1, -0.05) is 18.2 Å². The highest BCUT2D eigenvalue weighted by molar-refractivity contribution is 5.80. The molecule has 1 saturated heterocycles. The molecular weight excluding hydrogens is 290 g/mol. The second kappa shape index (κ2) is 10.1. The normalized spacial score (nSPS) is 18.3. The fourth-order valence-electron chi connectivity index (χ4n) is 2.86. The second-order valence-electron chi connectivity index (χ2n) is 5.90. The Morgan fingerprint density at radius 3 is 2.87 bits per heavy atom. The maximum absolute atomic E-state index is 5.70. The van der Waals surface area contributed by atoms with Crippen LogP contribution in [0.25, 0.3) is 0 Å². The molecular formula is C18H29N3O2. The molecule has 1 aliphatic rings. The first-order valence-corrected chi connectivity index (χ1v) is 8.46. The Labute approximate surface area is 139 Å². The topological polar surface area (TPSA) is 46.1 Å². The van der Waals surface area contributed by atoms with Gasteiger partial charge in [-0.05, 0) is 31.4 Å². The highest BCUT2D eigenvalue weighted by Crippen LogP contribution is 2.16. The largest absolute Gasteiger partial charge is 0.494 e. The molecule has 0 bridgehead atoms. The minimum atomic E-state index is 0.623. The third kappa shape index (κ3) is 6.10. The van der Waals surface area contributed by atoms with E-state index in [-0.39, 0.29) is 0 Å². The van der Waals surface area contributed by atoms with Crippen molar-refractivity contribution < 1.29 is 9.47 Å². The van der Waals surface area contributed by atoms with Gasteiger partial charge in [0.05, 0.1) is 13.2 Å². The maximum Gasteiger partial charge on any atom is 0.193 e. The van der Waals surface area contributed by atoms with E-state index in [1.54, 1.807) is 7.11 Å². The summed E-state index contributed by atoms with van der Waals surface area (Å²) in [5.41, 5.74) is 0. The van der Waals surface area contributed by atoms with Crippen molar-refractivity contribution in [2.24, 2.45) is 10.9 Å². The van der Waals surface area contributed by atoms with Gasteiger partial charge in [-0.2, -0.15) is 0 Å². The van der Waals surface area contributed by atoms with Crippen LogP contribution in [-0.2, 0) is 4.74 Å². The molecule has 1 unspecified atom stereocenters. The summed E-state index contributed by atoms with van der Waals surface area (Å²) in [6, 6.07) is 9.97. The smallest absolute Gasteiger partial charge is 0.193 e. The van der Waals surface area contributed by atoms with Crippen LogP contribution in [0.2, 0.25) is 0 Å². The van der Waals surface area contributed by atoms with Crippen molar-refractivity contribution in [3.63, 3.8) is 0 Å². The average molecular weight is 319 g/mol. The van der Waals surface area contributed by atoms with E-state index >= 15 is 0 Å². The van der Waals surface area contributed by atoms with Gasteiger partial charge < -0.3 is 19.7 Å². The molecule has 1 aromatic carbocycles. The summed E-state index contributed by atoms with van der Waals surface area (Å²) in [4.78, 5) is 6.71. The number of nitrogens with one attached hydrogen (secondary N) is 1. The Kier molecular flexibility index (Phi) is 7.73. The number of likely N-dealkylation sites (tertiary alicyclic amines) is 1. The molecule has 1 fully saturated rings. The highest BCUT2D eigenvalue weighted by atomic mass is 16.5. The summed E-state index contributed by atoms with van der Waals surface area (Å²) in [6.07, 6.45) is 3.28. The minimum Gasteiger partial charge on any atom is -0.494 e. The summed E-state index contributed by atoms with van der Waals surface area (Å²) in [7, 11) is 3.62. The number of para-hydroxylation sites is 1. The number of unbranched alkanes of at least 4 members (excludes halogenated alkanes) is 1. The molecule has 0 aromatic heterocycles. The zero-order chi connectivity index (χ0) is 16.3. The van der Waals surface area contributed by atoms with E-state index < -0.39 is 0 Å². The SMILES string of the molecule is CN=C(NCCCCOc1ccccc1)N1CCC(COC)C1. The van der Waals surface area contributed by atoms with Gasteiger partial charge in [-0.15, -0.1) is 0 Å². The lowest BCUT2D eigenvalue weighted by Crippen LogP contribution is -2.40. The molecule has 0 spiro atoms. The number of hydrogen-bond donors (Lipinski definition) is 1. The first-order valence-electron chi connectivity index (χ1n) is 8.46. The molecule has 23 heavy (non-hydrogen) atoms. The zero-order valence-electron chi connectivity index (χ0n) is 14.3. The van der Waals surface area contributed by atoms with Crippen LogP contribution >= 0.6 is 0 Å². The van der Waals surface area contributed by atoms with E-state index in [4.69, 9.17) is 9.47 Å². The second-order valence-corrected chi connectivity index (χ2v) is 5.90. The van der Waals surface area contributed by atoms with Gasteiger partial charge in [-0.25, -0.2) is 0 Å². The lowest BCUT2D eigenvalue weighted by Gasteiger charge is -2.21. The Balaban J connectivity index is 1.57. The quantitative estimate of drug-likeness (QED) is 0.454. The molecule has 5 nitrogen and oxygen atoms in total. The Morgan fingerprint density at radius 2 is 2.13 bits per heavy atom. The Morgan fingerprint density at radius 1 is 1.30 bits per heavy atom. The van der Waals surface area contributed by atoms with E-state index in [0.29, 0.717) is 5.92 Å². The number of nitrogens with zero attached hydrogens (tertiary/aromatic N) is 2. The molecule has 0 saturated carbocycles. The first-order chi connectivity index (χ1) is 11.3. The van der Waals surface area contributed by atoms with Crippen molar-refractivity contribution in [3.05, 3.63) is 30.3 Å². The van der Waals surface area contributed by atoms with Crippen molar-refractivity contribution in [3.8, 4) is 5.75 Å². The number of ether oxygens (including phenoxy) is 2. The van der Waals surface area contributed by atoms with Crippen LogP contribution < -0.4 is 10.1 Å². The van der Waals surface area contributed by atoms with Crippen molar-refractivity contribution in [1.29, 1.82) is 0 Å². The third-order valence-electron chi connectivity index (χ3n) is 4.07. The molecule has 2 rings (SSSR count).